The van der Waals surface area contributed by atoms with E-state index >= 15 is 0 Å². The standard InChI is InChI=1S/C13H22O2/c1-9(2)13(14)15-8-12-6-5-10(3)7-11(12)4/h10-12H,1,5-8H2,2-4H3. The van der Waals surface area contributed by atoms with Crippen LogP contribution in [-0.2, 0) is 9.53 Å². The van der Waals surface area contributed by atoms with Crippen LogP contribution >= 0.6 is 0 Å². The monoisotopic (exact) mass is 210 g/mol. The molecule has 1 aliphatic carbocycles. The largest absolute Gasteiger partial charge is 0.462 e. The first kappa shape index (κ1) is 12.3. The molecule has 1 rings (SSSR count). The van der Waals surface area contributed by atoms with Gasteiger partial charge in [-0.1, -0.05) is 26.8 Å². The first-order valence-electron chi connectivity index (χ1n) is 5.83. The third kappa shape index (κ3) is 3.69. The Morgan fingerprint density at radius 3 is 2.60 bits per heavy atom. The number of hydrogen-bond donors (Lipinski definition) is 0. The minimum absolute atomic E-state index is 0.249. The molecule has 0 N–H and O–H groups in total. The van der Waals surface area contributed by atoms with E-state index in [9.17, 15) is 4.79 Å². The normalized spacial score (nSPS) is 31.0. The maximum absolute atomic E-state index is 11.2. The molecule has 2 heteroatoms. The van der Waals surface area contributed by atoms with Crippen LogP contribution in [0.4, 0.5) is 0 Å². The lowest BCUT2D eigenvalue weighted by molar-refractivity contribution is -0.141. The molecule has 0 bridgehead atoms. The number of rotatable bonds is 3. The maximum atomic E-state index is 11.2. The summed E-state index contributed by atoms with van der Waals surface area (Å²) in [5.41, 5.74) is 0.492. The molecule has 0 radical (unpaired) electrons. The van der Waals surface area contributed by atoms with Gasteiger partial charge >= 0.3 is 5.97 Å². The summed E-state index contributed by atoms with van der Waals surface area (Å²) in [6.45, 7) is 10.4. The molecule has 3 unspecified atom stereocenters. The van der Waals surface area contributed by atoms with Gasteiger partial charge in [0.25, 0.3) is 0 Å². The zero-order chi connectivity index (χ0) is 11.4. The number of hydrogen-bond acceptors (Lipinski definition) is 2. The third-order valence-corrected chi connectivity index (χ3v) is 3.39. The van der Waals surface area contributed by atoms with E-state index in [2.05, 4.69) is 20.4 Å². The van der Waals surface area contributed by atoms with Gasteiger partial charge in [-0.3, -0.25) is 0 Å². The van der Waals surface area contributed by atoms with Crippen molar-refractivity contribution in [3.8, 4) is 0 Å². The number of esters is 1. The molecule has 0 amide bonds. The van der Waals surface area contributed by atoms with Gasteiger partial charge in [-0.05, 0) is 37.5 Å². The predicted octanol–water partition coefficient (Wildman–Crippen LogP) is 3.18. The van der Waals surface area contributed by atoms with E-state index in [-0.39, 0.29) is 5.97 Å². The van der Waals surface area contributed by atoms with Crippen LogP contribution in [0.2, 0.25) is 0 Å². The van der Waals surface area contributed by atoms with Gasteiger partial charge in [-0.25, -0.2) is 4.79 Å². The van der Waals surface area contributed by atoms with Gasteiger partial charge in [0.15, 0.2) is 0 Å². The van der Waals surface area contributed by atoms with Crippen LogP contribution < -0.4 is 0 Å². The van der Waals surface area contributed by atoms with E-state index in [1.54, 1.807) is 6.92 Å². The molecule has 0 aromatic carbocycles. The van der Waals surface area contributed by atoms with Crippen LogP contribution in [-0.4, -0.2) is 12.6 Å². The van der Waals surface area contributed by atoms with E-state index in [4.69, 9.17) is 4.74 Å². The van der Waals surface area contributed by atoms with Crippen molar-refractivity contribution in [2.24, 2.45) is 17.8 Å². The first-order valence-corrected chi connectivity index (χ1v) is 5.83. The van der Waals surface area contributed by atoms with Gasteiger partial charge in [0.1, 0.15) is 0 Å². The molecular weight excluding hydrogens is 188 g/mol. The average Bonchev–Trinajstić information content (AvgIpc) is 2.15. The van der Waals surface area contributed by atoms with Gasteiger partial charge in [0, 0.05) is 5.57 Å². The van der Waals surface area contributed by atoms with Crippen molar-refractivity contribution in [3.63, 3.8) is 0 Å². The molecule has 0 aromatic rings. The third-order valence-electron chi connectivity index (χ3n) is 3.39. The molecule has 86 valence electrons. The van der Waals surface area contributed by atoms with Crippen LogP contribution in [0.15, 0.2) is 12.2 Å². The topological polar surface area (TPSA) is 26.3 Å². The lowest BCUT2D eigenvalue weighted by Gasteiger charge is -2.32. The molecule has 15 heavy (non-hydrogen) atoms. The Kier molecular flexibility index (Phi) is 4.37. The minimum atomic E-state index is -0.249. The highest BCUT2D eigenvalue weighted by Crippen LogP contribution is 2.33. The van der Waals surface area contributed by atoms with Crippen LogP contribution in [0.3, 0.4) is 0 Å². The van der Waals surface area contributed by atoms with Gasteiger partial charge in [0.2, 0.25) is 0 Å². The maximum Gasteiger partial charge on any atom is 0.333 e. The zero-order valence-corrected chi connectivity index (χ0v) is 10.1. The molecule has 0 aromatic heterocycles. The number of ether oxygens (including phenoxy) is 1. The molecule has 0 aliphatic heterocycles. The van der Waals surface area contributed by atoms with Crippen molar-refractivity contribution in [1.82, 2.24) is 0 Å². The van der Waals surface area contributed by atoms with Crippen molar-refractivity contribution in [3.05, 3.63) is 12.2 Å². The second-order valence-electron chi connectivity index (χ2n) is 5.03. The summed E-state index contributed by atoms with van der Waals surface area (Å²) in [5, 5.41) is 0. The van der Waals surface area contributed by atoms with E-state index < -0.39 is 0 Å². The Balaban J connectivity index is 2.33. The lowest BCUT2D eigenvalue weighted by atomic mass is 9.76. The highest BCUT2D eigenvalue weighted by molar-refractivity contribution is 5.86. The Morgan fingerprint density at radius 2 is 2.07 bits per heavy atom. The van der Waals surface area contributed by atoms with E-state index in [1.807, 2.05) is 0 Å². The van der Waals surface area contributed by atoms with Gasteiger partial charge in [0.05, 0.1) is 6.61 Å². The molecule has 1 saturated carbocycles. The lowest BCUT2D eigenvalue weighted by Crippen LogP contribution is -2.26. The molecule has 0 saturated heterocycles. The summed E-state index contributed by atoms with van der Waals surface area (Å²) in [6.07, 6.45) is 3.71. The molecule has 1 aliphatic rings. The molecule has 3 atom stereocenters. The Hall–Kier alpha value is -0.790. The fourth-order valence-electron chi connectivity index (χ4n) is 2.28. The number of carbonyl (C=O) groups excluding carboxylic acids is 1. The van der Waals surface area contributed by atoms with Gasteiger partial charge in [-0.15, -0.1) is 0 Å². The van der Waals surface area contributed by atoms with Crippen LogP contribution in [0.25, 0.3) is 0 Å². The summed E-state index contributed by atoms with van der Waals surface area (Å²) in [5.74, 6) is 1.80. The fourth-order valence-corrected chi connectivity index (χ4v) is 2.28. The van der Waals surface area contributed by atoms with Gasteiger partial charge in [-0.2, -0.15) is 0 Å². The number of carbonyl (C=O) groups is 1. The van der Waals surface area contributed by atoms with Crippen molar-refractivity contribution >= 4 is 5.97 Å². The molecule has 1 fully saturated rings. The summed E-state index contributed by atoms with van der Waals surface area (Å²) in [7, 11) is 0. The SMILES string of the molecule is C=C(C)C(=O)OCC1CCC(C)CC1C. The Bertz CT molecular complexity index is 245. The zero-order valence-electron chi connectivity index (χ0n) is 10.1. The van der Waals surface area contributed by atoms with Crippen LogP contribution in [0.5, 0.6) is 0 Å². The summed E-state index contributed by atoms with van der Waals surface area (Å²) in [4.78, 5) is 11.2. The summed E-state index contributed by atoms with van der Waals surface area (Å²) < 4.78 is 5.21. The second kappa shape index (κ2) is 5.34. The van der Waals surface area contributed by atoms with Crippen molar-refractivity contribution in [2.45, 2.75) is 40.0 Å². The second-order valence-corrected chi connectivity index (χ2v) is 5.03. The highest BCUT2D eigenvalue weighted by Gasteiger charge is 2.26. The summed E-state index contributed by atoms with van der Waals surface area (Å²) >= 11 is 0. The Labute approximate surface area is 92.7 Å². The first-order chi connectivity index (χ1) is 7.00. The van der Waals surface area contributed by atoms with Crippen LogP contribution in [0.1, 0.15) is 40.0 Å². The summed E-state index contributed by atoms with van der Waals surface area (Å²) in [6, 6.07) is 0. The molecule has 0 heterocycles. The molecule has 0 spiro atoms. The fraction of sp³-hybridized carbons (Fsp3) is 0.769. The minimum Gasteiger partial charge on any atom is -0.462 e. The highest BCUT2D eigenvalue weighted by atomic mass is 16.5. The van der Waals surface area contributed by atoms with E-state index in [0.29, 0.717) is 24.0 Å². The molecular formula is C13H22O2. The predicted molar refractivity (Wildman–Crippen MR) is 61.4 cm³/mol. The quantitative estimate of drug-likeness (QED) is 0.528. The van der Waals surface area contributed by atoms with Crippen LogP contribution in [0, 0.1) is 17.8 Å². The van der Waals surface area contributed by atoms with Crippen molar-refractivity contribution < 1.29 is 9.53 Å². The van der Waals surface area contributed by atoms with Gasteiger partial charge < -0.3 is 4.74 Å². The smallest absolute Gasteiger partial charge is 0.333 e. The van der Waals surface area contributed by atoms with Crippen molar-refractivity contribution in [2.75, 3.05) is 6.61 Å². The van der Waals surface area contributed by atoms with E-state index in [1.165, 1.54) is 19.3 Å². The molecule has 2 nitrogen and oxygen atoms in total. The van der Waals surface area contributed by atoms with Crippen molar-refractivity contribution in [1.29, 1.82) is 0 Å². The Morgan fingerprint density at radius 1 is 1.40 bits per heavy atom. The average molecular weight is 210 g/mol. The van der Waals surface area contributed by atoms with E-state index in [0.717, 1.165) is 5.92 Å².